The second-order valence-corrected chi connectivity index (χ2v) is 11.9. The maximum Gasteiger partial charge on any atom is 0.284 e. The molecule has 2 rings (SSSR count). The summed E-state index contributed by atoms with van der Waals surface area (Å²) in [6.07, 6.45) is 13.1. The normalized spacial score (nSPS) is 17.5. The number of ether oxygens (including phenoxy) is 3. The van der Waals surface area contributed by atoms with Crippen LogP contribution in [0.2, 0.25) is 0 Å². The summed E-state index contributed by atoms with van der Waals surface area (Å²) in [7, 11) is 9.04. The van der Waals surface area contributed by atoms with Gasteiger partial charge in [-0.3, -0.25) is 0 Å². The highest BCUT2D eigenvalue weighted by Crippen LogP contribution is 2.21. The van der Waals surface area contributed by atoms with Crippen LogP contribution in [0.5, 0.6) is 0 Å². The van der Waals surface area contributed by atoms with E-state index in [9.17, 15) is 0 Å². The number of methoxy groups -OCH3 is 3. The fourth-order valence-electron chi connectivity index (χ4n) is 4.34. The van der Waals surface area contributed by atoms with Gasteiger partial charge in [-0.2, -0.15) is 0 Å². The fraction of sp³-hybridized carbons (Fsp3) is 0.903. The van der Waals surface area contributed by atoms with Gasteiger partial charge >= 0.3 is 0 Å². The van der Waals surface area contributed by atoms with Crippen LogP contribution in [-0.2, 0) is 14.2 Å². The number of nitrogens with one attached hydrogen (secondary N) is 3. The topological polar surface area (TPSA) is 104 Å². The van der Waals surface area contributed by atoms with Crippen molar-refractivity contribution < 1.29 is 14.2 Å². The first kappa shape index (κ1) is 38.8. The Bertz CT molecular complexity index is 713. The second-order valence-electron chi connectivity index (χ2n) is 11.9. The molecule has 10 nitrogen and oxygen atoms in total. The van der Waals surface area contributed by atoms with Gasteiger partial charge in [0.15, 0.2) is 0 Å². The van der Waals surface area contributed by atoms with E-state index in [0.717, 1.165) is 19.1 Å². The zero-order valence-electron chi connectivity index (χ0n) is 28.4. The number of likely N-dealkylation sites (N-methyl/N-ethyl adjacent to an activating group) is 1. The molecule has 0 heterocycles. The van der Waals surface area contributed by atoms with Crippen LogP contribution in [0.25, 0.3) is 0 Å². The lowest BCUT2D eigenvalue weighted by molar-refractivity contribution is 0.331. The summed E-state index contributed by atoms with van der Waals surface area (Å²) < 4.78 is 15.5. The first-order valence-electron chi connectivity index (χ1n) is 15.8. The van der Waals surface area contributed by atoms with Crippen LogP contribution in [0.4, 0.5) is 0 Å². The van der Waals surface area contributed by atoms with Gasteiger partial charge in [-0.15, -0.1) is 0 Å². The van der Waals surface area contributed by atoms with Crippen LogP contribution in [-0.4, -0.2) is 102 Å². The van der Waals surface area contributed by atoms with Crippen molar-refractivity contribution in [3.8, 4) is 0 Å². The molecule has 0 saturated heterocycles. The molecule has 41 heavy (non-hydrogen) atoms. The highest BCUT2D eigenvalue weighted by Gasteiger charge is 2.17. The average Bonchev–Trinajstić information content (AvgIpc) is 2.92. The first-order chi connectivity index (χ1) is 19.5. The minimum atomic E-state index is 0.274. The van der Waals surface area contributed by atoms with Gasteiger partial charge in [0.2, 0.25) is 0 Å². The van der Waals surface area contributed by atoms with E-state index in [1.54, 1.807) is 21.3 Å². The molecule has 0 radical (unpaired) electrons. The third-order valence-electron chi connectivity index (χ3n) is 6.39. The van der Waals surface area contributed by atoms with Crippen LogP contribution in [0.15, 0.2) is 15.0 Å². The van der Waals surface area contributed by atoms with Gasteiger partial charge in [-0.25, -0.2) is 15.0 Å². The van der Waals surface area contributed by atoms with Crippen molar-refractivity contribution >= 4 is 18.1 Å². The smallest absolute Gasteiger partial charge is 0.284 e. The van der Waals surface area contributed by atoms with Crippen LogP contribution in [0, 0.1) is 0 Å². The molecule has 0 aromatic heterocycles. The third-order valence-corrected chi connectivity index (χ3v) is 6.39. The molecule has 10 heteroatoms. The van der Waals surface area contributed by atoms with Gasteiger partial charge in [0, 0.05) is 30.7 Å². The van der Waals surface area contributed by atoms with E-state index in [2.05, 4.69) is 58.5 Å². The molecule has 242 valence electrons. The van der Waals surface area contributed by atoms with Gasteiger partial charge in [0.1, 0.15) is 0 Å². The molecule has 0 unspecified atom stereocenters. The average molecular weight is 584 g/mol. The predicted octanol–water partition coefficient (Wildman–Crippen LogP) is 5.19. The summed E-state index contributed by atoms with van der Waals surface area (Å²) in [5, 5.41) is 9.68. The van der Waals surface area contributed by atoms with Crippen LogP contribution in [0.1, 0.15) is 106 Å². The largest absolute Gasteiger partial charge is 0.469 e. The van der Waals surface area contributed by atoms with Crippen LogP contribution < -0.4 is 16.0 Å². The number of aliphatic imine (C=N–C) groups is 3. The van der Waals surface area contributed by atoms with Crippen molar-refractivity contribution in [1.82, 2.24) is 20.9 Å². The number of rotatable bonds is 8. The highest BCUT2D eigenvalue weighted by atomic mass is 16.5. The molecule has 2 saturated carbocycles. The summed E-state index contributed by atoms with van der Waals surface area (Å²) in [6.45, 7) is 13.9. The van der Waals surface area contributed by atoms with Crippen molar-refractivity contribution in [1.29, 1.82) is 0 Å². The van der Waals surface area contributed by atoms with Gasteiger partial charge < -0.3 is 35.1 Å². The Balaban J connectivity index is 0.000000605. The molecular formula is C31H65N7O3. The Hall–Kier alpha value is -2.23. The molecule has 0 bridgehead atoms. The molecular weight excluding hydrogens is 518 g/mol. The molecule has 0 spiro atoms. The van der Waals surface area contributed by atoms with Crippen molar-refractivity contribution in [2.75, 3.05) is 48.5 Å². The van der Waals surface area contributed by atoms with Gasteiger partial charge in [-0.1, -0.05) is 38.5 Å². The van der Waals surface area contributed by atoms with E-state index in [4.69, 9.17) is 19.2 Å². The van der Waals surface area contributed by atoms with Crippen molar-refractivity contribution in [3.05, 3.63) is 0 Å². The van der Waals surface area contributed by atoms with Gasteiger partial charge in [0.25, 0.3) is 18.1 Å². The zero-order valence-corrected chi connectivity index (χ0v) is 28.4. The Morgan fingerprint density at radius 3 is 1.63 bits per heavy atom. The van der Waals surface area contributed by atoms with E-state index in [0.29, 0.717) is 36.2 Å². The Morgan fingerprint density at radius 1 is 0.707 bits per heavy atom. The lowest BCUT2D eigenvalue weighted by atomic mass is 9.95. The minimum absolute atomic E-state index is 0.274. The molecule has 2 aliphatic carbocycles. The monoisotopic (exact) mass is 584 g/mol. The number of amidine groups is 3. The molecule has 2 fully saturated rings. The predicted molar refractivity (Wildman–Crippen MR) is 175 cm³/mol. The van der Waals surface area contributed by atoms with Gasteiger partial charge in [-0.05, 0) is 81.3 Å². The molecule has 0 atom stereocenters. The Kier molecular flexibility index (Phi) is 23.1. The standard InChI is InChI=1S/C14H26N2O.C9H21N3O.C8H18N2O/c1-17-14(15-12-8-4-2-5-9-12)16-13-10-6-3-7-11-13;1-8(2)11-9(13-5)10-6-7-12(3)4;1-6(2)9-8(11-5)10-7(3)4/h12-13H,2-11H2,1H3,(H,15,16);8H,6-7H2,1-5H3,(H,10,11);6-7H,1-5H3,(H,9,10). The van der Waals surface area contributed by atoms with E-state index in [1.165, 1.54) is 64.2 Å². The quantitative estimate of drug-likeness (QED) is 0.267. The summed E-state index contributed by atoms with van der Waals surface area (Å²) in [5.41, 5.74) is 0. The zero-order chi connectivity index (χ0) is 31.0. The third kappa shape index (κ3) is 23.1. The fourth-order valence-corrected chi connectivity index (χ4v) is 4.34. The van der Waals surface area contributed by atoms with E-state index in [-0.39, 0.29) is 6.04 Å². The number of hydrogen-bond donors (Lipinski definition) is 3. The number of nitrogens with zero attached hydrogens (tertiary/aromatic N) is 4. The maximum absolute atomic E-state index is 5.39. The molecule has 0 aliphatic heterocycles. The highest BCUT2D eigenvalue weighted by molar-refractivity contribution is 5.74. The van der Waals surface area contributed by atoms with E-state index in [1.807, 2.05) is 27.9 Å². The van der Waals surface area contributed by atoms with E-state index < -0.39 is 0 Å². The maximum atomic E-state index is 5.39. The van der Waals surface area contributed by atoms with Crippen molar-refractivity contribution in [2.45, 2.75) is 136 Å². The summed E-state index contributed by atoms with van der Waals surface area (Å²) in [6, 6.07) is 4.11. The summed E-state index contributed by atoms with van der Waals surface area (Å²) >= 11 is 0. The summed E-state index contributed by atoms with van der Waals surface area (Å²) in [5.74, 6) is 0. The van der Waals surface area contributed by atoms with Crippen molar-refractivity contribution in [3.63, 3.8) is 0 Å². The van der Waals surface area contributed by atoms with E-state index >= 15 is 0 Å². The van der Waals surface area contributed by atoms with Gasteiger partial charge in [0.05, 0.1) is 33.9 Å². The Labute approximate surface area is 252 Å². The molecule has 0 aromatic rings. The Morgan fingerprint density at radius 2 is 1.20 bits per heavy atom. The minimum Gasteiger partial charge on any atom is -0.469 e. The molecule has 0 amide bonds. The van der Waals surface area contributed by atoms with Crippen LogP contribution >= 0.6 is 0 Å². The molecule has 2 aliphatic rings. The first-order valence-corrected chi connectivity index (χ1v) is 15.8. The summed E-state index contributed by atoms with van der Waals surface area (Å²) in [4.78, 5) is 15.3. The lowest BCUT2D eigenvalue weighted by Gasteiger charge is -2.25. The molecule has 3 N–H and O–H groups in total. The second kappa shape index (κ2) is 24.4. The molecule has 0 aromatic carbocycles. The lowest BCUT2D eigenvalue weighted by Crippen LogP contribution is -2.38. The number of hydrogen-bond acceptors (Lipinski definition) is 7. The van der Waals surface area contributed by atoms with Crippen LogP contribution in [0.3, 0.4) is 0 Å². The van der Waals surface area contributed by atoms with Crippen molar-refractivity contribution in [2.24, 2.45) is 15.0 Å². The SMILES string of the molecule is COC(=NC(C)C)NC(C)C.COC(=NC1CCCCC1)NC1CCCCC1.COC(=NCCN(C)C)NC(C)C.